The van der Waals surface area contributed by atoms with E-state index in [0.29, 0.717) is 23.7 Å². The average Bonchev–Trinajstić information content (AvgIpc) is 3.32. The first-order valence-corrected chi connectivity index (χ1v) is 14.4. The number of ether oxygens (including phenoxy) is 2. The minimum Gasteiger partial charge on any atom is -0.493 e. The zero-order valence-corrected chi connectivity index (χ0v) is 24.0. The smallest absolute Gasteiger partial charge is 0.251 e. The predicted molar refractivity (Wildman–Crippen MR) is 163 cm³/mol. The molecule has 210 valence electrons. The molecule has 0 fully saturated rings. The molecular formula is C33H38ClN3O3. The van der Waals surface area contributed by atoms with Gasteiger partial charge in [-0.25, -0.2) is 4.98 Å². The Morgan fingerprint density at radius 3 is 2.70 bits per heavy atom. The summed E-state index contributed by atoms with van der Waals surface area (Å²) in [4.78, 5) is 17.2. The van der Waals surface area contributed by atoms with Crippen molar-refractivity contribution in [2.24, 2.45) is 0 Å². The number of allylic oxidation sites excluding steroid dienone is 1. The Kier molecular flexibility index (Phi) is 11.1. The van der Waals surface area contributed by atoms with E-state index in [4.69, 9.17) is 26.1 Å². The zero-order chi connectivity index (χ0) is 28.2. The third kappa shape index (κ3) is 8.12. The number of aryl methyl sites for hydroxylation is 2. The highest BCUT2D eigenvalue weighted by molar-refractivity contribution is 6.30. The second-order valence-electron chi connectivity index (χ2n) is 9.78. The van der Waals surface area contributed by atoms with Gasteiger partial charge in [-0.05, 0) is 80.1 Å². The van der Waals surface area contributed by atoms with Crippen LogP contribution in [0.2, 0.25) is 5.02 Å². The van der Waals surface area contributed by atoms with E-state index < -0.39 is 0 Å². The van der Waals surface area contributed by atoms with Crippen molar-refractivity contribution in [3.63, 3.8) is 0 Å². The number of unbranched alkanes of at least 4 members (excludes halogenated alkanes) is 3. The summed E-state index contributed by atoms with van der Waals surface area (Å²) in [6.45, 7) is 5.96. The van der Waals surface area contributed by atoms with Crippen molar-refractivity contribution in [3.8, 4) is 11.5 Å². The normalized spacial score (nSPS) is 10.9. The number of nitrogens with one attached hydrogen (secondary N) is 1. The van der Waals surface area contributed by atoms with E-state index >= 15 is 0 Å². The van der Waals surface area contributed by atoms with Crippen LogP contribution in [0.25, 0.3) is 11.0 Å². The van der Waals surface area contributed by atoms with Gasteiger partial charge in [-0.2, -0.15) is 0 Å². The molecule has 0 aliphatic heterocycles. The van der Waals surface area contributed by atoms with Gasteiger partial charge in [-0.15, -0.1) is 6.58 Å². The molecular weight excluding hydrogens is 522 g/mol. The van der Waals surface area contributed by atoms with Crippen LogP contribution in [0, 0.1) is 0 Å². The molecule has 0 unspecified atom stereocenters. The first-order valence-electron chi connectivity index (χ1n) is 14.0. The lowest BCUT2D eigenvalue weighted by Crippen LogP contribution is -2.24. The molecule has 0 saturated carbocycles. The molecule has 3 aromatic carbocycles. The maximum absolute atomic E-state index is 12.3. The van der Waals surface area contributed by atoms with E-state index in [2.05, 4.69) is 40.7 Å². The minimum absolute atomic E-state index is 0.0866. The van der Waals surface area contributed by atoms with Crippen LogP contribution >= 0.6 is 11.6 Å². The van der Waals surface area contributed by atoms with Crippen LogP contribution in [-0.2, 0) is 19.4 Å². The number of fused-ring (bicyclic) bond motifs is 1. The highest BCUT2D eigenvalue weighted by atomic mass is 35.5. The van der Waals surface area contributed by atoms with Crippen molar-refractivity contribution in [1.82, 2.24) is 14.9 Å². The molecule has 4 rings (SSSR count). The number of benzene rings is 3. The molecule has 40 heavy (non-hydrogen) atoms. The van der Waals surface area contributed by atoms with Crippen molar-refractivity contribution in [2.45, 2.75) is 51.5 Å². The Bertz CT molecular complexity index is 1420. The molecule has 1 heterocycles. The lowest BCUT2D eigenvalue weighted by atomic mass is 10.1. The van der Waals surface area contributed by atoms with Gasteiger partial charge in [-0.1, -0.05) is 48.4 Å². The number of imidazole rings is 1. The van der Waals surface area contributed by atoms with Gasteiger partial charge in [-0.3, -0.25) is 4.79 Å². The van der Waals surface area contributed by atoms with Crippen molar-refractivity contribution < 1.29 is 14.3 Å². The molecule has 0 saturated heterocycles. The molecule has 1 amide bonds. The molecule has 1 aromatic heterocycles. The summed E-state index contributed by atoms with van der Waals surface area (Å²) >= 11 is 5.99. The third-order valence-electron chi connectivity index (χ3n) is 6.82. The van der Waals surface area contributed by atoms with Crippen LogP contribution in [0.5, 0.6) is 11.5 Å². The SMILES string of the molecule is C=CCc1ccc(OCCCCn2c(CCCCCNC(=O)c3cccc(Cl)c3)nc3ccccc32)c(OC)c1. The third-order valence-corrected chi connectivity index (χ3v) is 7.06. The number of aromatic nitrogens is 2. The standard InChI is InChI=1S/C33H38ClN3O3/c1-3-12-25-18-19-30(31(23-25)39-2)40-22-10-9-21-37-29-16-7-6-15-28(29)36-32(37)17-5-4-8-20-35-33(38)26-13-11-14-27(34)24-26/h3,6-7,11,13-16,18-19,23-24H,1,4-5,8-10,12,17,20-22H2,2H3,(H,35,38). The summed E-state index contributed by atoms with van der Waals surface area (Å²) < 4.78 is 13.9. The van der Waals surface area contributed by atoms with Crippen molar-refractivity contribution in [2.75, 3.05) is 20.3 Å². The van der Waals surface area contributed by atoms with Gasteiger partial charge in [0.25, 0.3) is 5.91 Å². The first kappa shape index (κ1) is 29.2. The largest absolute Gasteiger partial charge is 0.493 e. The number of nitrogens with zero attached hydrogens (tertiary/aromatic N) is 2. The predicted octanol–water partition coefficient (Wildman–Crippen LogP) is 7.43. The van der Waals surface area contributed by atoms with Crippen LogP contribution in [0.3, 0.4) is 0 Å². The molecule has 1 N–H and O–H groups in total. The number of methoxy groups -OCH3 is 1. The number of carbonyl (C=O) groups excluding carboxylic acids is 1. The van der Waals surface area contributed by atoms with E-state index in [1.54, 1.807) is 31.4 Å². The summed E-state index contributed by atoms with van der Waals surface area (Å²) in [6.07, 6.45) is 8.45. The van der Waals surface area contributed by atoms with Crippen molar-refractivity contribution >= 4 is 28.5 Å². The zero-order valence-electron chi connectivity index (χ0n) is 23.2. The molecule has 6 nitrogen and oxygen atoms in total. The fourth-order valence-electron chi connectivity index (χ4n) is 4.76. The Hall–Kier alpha value is -3.77. The highest BCUT2D eigenvalue weighted by Crippen LogP contribution is 2.28. The molecule has 7 heteroatoms. The van der Waals surface area contributed by atoms with Crippen LogP contribution in [0.15, 0.2) is 79.4 Å². The molecule has 0 aliphatic rings. The Morgan fingerprint density at radius 1 is 1.00 bits per heavy atom. The van der Waals surface area contributed by atoms with Crippen LogP contribution < -0.4 is 14.8 Å². The molecule has 0 bridgehead atoms. The van der Waals surface area contributed by atoms with E-state index in [9.17, 15) is 4.79 Å². The Labute approximate surface area is 242 Å². The number of rotatable bonds is 16. The molecule has 0 atom stereocenters. The van der Waals surface area contributed by atoms with Gasteiger partial charge in [0.1, 0.15) is 5.82 Å². The van der Waals surface area contributed by atoms with Crippen LogP contribution in [-0.4, -0.2) is 35.7 Å². The quantitative estimate of drug-likeness (QED) is 0.114. The molecule has 0 spiro atoms. The van der Waals surface area contributed by atoms with Gasteiger partial charge < -0.3 is 19.4 Å². The topological polar surface area (TPSA) is 65.4 Å². The van der Waals surface area contributed by atoms with E-state index in [0.717, 1.165) is 79.9 Å². The number of amides is 1. The Morgan fingerprint density at radius 2 is 1.88 bits per heavy atom. The second kappa shape index (κ2) is 15.1. The number of hydrogen-bond acceptors (Lipinski definition) is 4. The summed E-state index contributed by atoms with van der Waals surface area (Å²) in [5, 5.41) is 3.55. The number of halogens is 1. The average molecular weight is 560 g/mol. The van der Waals surface area contributed by atoms with Crippen molar-refractivity contribution in [1.29, 1.82) is 0 Å². The lowest BCUT2D eigenvalue weighted by molar-refractivity contribution is 0.0953. The summed E-state index contributed by atoms with van der Waals surface area (Å²) in [7, 11) is 1.67. The van der Waals surface area contributed by atoms with Gasteiger partial charge in [0.05, 0.1) is 24.8 Å². The minimum atomic E-state index is -0.0866. The first-order chi connectivity index (χ1) is 19.6. The van der Waals surface area contributed by atoms with Gasteiger partial charge in [0, 0.05) is 30.1 Å². The number of carbonyl (C=O) groups is 1. The summed E-state index contributed by atoms with van der Waals surface area (Å²) in [5.74, 6) is 2.56. The van der Waals surface area contributed by atoms with Gasteiger partial charge in [0.15, 0.2) is 11.5 Å². The van der Waals surface area contributed by atoms with Crippen LogP contribution in [0.4, 0.5) is 0 Å². The maximum Gasteiger partial charge on any atom is 0.251 e. The highest BCUT2D eigenvalue weighted by Gasteiger charge is 2.11. The van der Waals surface area contributed by atoms with Crippen LogP contribution in [0.1, 0.15) is 53.8 Å². The fraction of sp³-hybridized carbons (Fsp3) is 0.333. The number of para-hydroxylation sites is 2. The van der Waals surface area contributed by atoms with E-state index in [1.807, 2.05) is 24.3 Å². The lowest BCUT2D eigenvalue weighted by Gasteiger charge is -2.13. The molecule has 0 radical (unpaired) electrons. The number of hydrogen-bond donors (Lipinski definition) is 1. The summed E-state index contributed by atoms with van der Waals surface area (Å²) in [6, 6.07) is 21.4. The monoisotopic (exact) mass is 559 g/mol. The molecule has 0 aliphatic carbocycles. The fourth-order valence-corrected chi connectivity index (χ4v) is 4.95. The Balaban J connectivity index is 1.23. The van der Waals surface area contributed by atoms with Gasteiger partial charge >= 0.3 is 0 Å². The van der Waals surface area contributed by atoms with Gasteiger partial charge in [0.2, 0.25) is 0 Å². The maximum atomic E-state index is 12.3. The van der Waals surface area contributed by atoms with E-state index in [1.165, 1.54) is 5.52 Å². The second-order valence-corrected chi connectivity index (χ2v) is 10.2. The van der Waals surface area contributed by atoms with Crippen molar-refractivity contribution in [3.05, 3.63) is 101 Å². The molecule has 4 aromatic rings. The van der Waals surface area contributed by atoms with E-state index in [-0.39, 0.29) is 5.91 Å². The summed E-state index contributed by atoms with van der Waals surface area (Å²) in [5.41, 5.74) is 3.95.